The summed E-state index contributed by atoms with van der Waals surface area (Å²) in [6.07, 6.45) is 2.56. The van der Waals surface area contributed by atoms with Crippen LogP contribution >= 0.6 is 0 Å². The van der Waals surface area contributed by atoms with Crippen LogP contribution in [-0.2, 0) is 6.54 Å². The highest BCUT2D eigenvalue weighted by molar-refractivity contribution is 5.25. The monoisotopic (exact) mass is 276 g/mol. The highest BCUT2D eigenvalue weighted by Gasteiger charge is 2.20. The van der Waals surface area contributed by atoms with E-state index < -0.39 is 0 Å². The van der Waals surface area contributed by atoms with Crippen molar-refractivity contribution in [3.8, 4) is 5.75 Å². The summed E-state index contributed by atoms with van der Waals surface area (Å²) in [4.78, 5) is 2.51. The molecule has 0 radical (unpaired) electrons. The van der Waals surface area contributed by atoms with Crippen molar-refractivity contribution in [2.45, 2.75) is 45.7 Å². The van der Waals surface area contributed by atoms with Gasteiger partial charge in [0.15, 0.2) is 0 Å². The summed E-state index contributed by atoms with van der Waals surface area (Å²) in [7, 11) is 0. The predicted molar refractivity (Wildman–Crippen MR) is 83.9 cm³/mol. The molecule has 0 amide bonds. The molecule has 3 nitrogen and oxygen atoms in total. The molecule has 112 valence electrons. The van der Waals surface area contributed by atoms with E-state index in [1.807, 2.05) is 12.1 Å². The minimum Gasteiger partial charge on any atom is -0.508 e. The fourth-order valence-electron chi connectivity index (χ4n) is 2.66. The van der Waals surface area contributed by atoms with Crippen molar-refractivity contribution in [3.63, 3.8) is 0 Å². The molecule has 1 aliphatic heterocycles. The largest absolute Gasteiger partial charge is 0.508 e. The number of phenols is 1. The second-order valence-electron chi connectivity index (χ2n) is 7.02. The van der Waals surface area contributed by atoms with Crippen LogP contribution < -0.4 is 5.32 Å². The summed E-state index contributed by atoms with van der Waals surface area (Å²) in [5.41, 5.74) is 1.51. The number of piperidine rings is 1. The molecular formula is C17H28N2O. The Balaban J connectivity index is 1.73. The summed E-state index contributed by atoms with van der Waals surface area (Å²) in [6.45, 7) is 11.2. The average Bonchev–Trinajstić information content (AvgIpc) is 2.40. The van der Waals surface area contributed by atoms with E-state index >= 15 is 0 Å². The zero-order valence-corrected chi connectivity index (χ0v) is 13.0. The minimum absolute atomic E-state index is 0.225. The molecule has 0 atom stereocenters. The van der Waals surface area contributed by atoms with Crippen molar-refractivity contribution < 1.29 is 5.11 Å². The Kier molecular flexibility index (Phi) is 5.06. The van der Waals surface area contributed by atoms with Crippen LogP contribution in [0.5, 0.6) is 5.75 Å². The Labute approximate surface area is 123 Å². The van der Waals surface area contributed by atoms with Gasteiger partial charge in [0.05, 0.1) is 0 Å². The van der Waals surface area contributed by atoms with Crippen molar-refractivity contribution >= 4 is 0 Å². The van der Waals surface area contributed by atoms with Gasteiger partial charge >= 0.3 is 0 Å². The SMILES string of the molecule is CC(C)(C)NCC1CCN(Cc2ccc(O)cc2)CC1. The van der Waals surface area contributed by atoms with Gasteiger partial charge in [0.2, 0.25) is 0 Å². The molecule has 2 rings (SSSR count). The van der Waals surface area contributed by atoms with Gasteiger partial charge in [-0.2, -0.15) is 0 Å². The Morgan fingerprint density at radius 2 is 1.75 bits per heavy atom. The first-order valence-corrected chi connectivity index (χ1v) is 7.68. The third-order valence-electron chi connectivity index (χ3n) is 3.97. The zero-order chi connectivity index (χ0) is 14.6. The maximum atomic E-state index is 9.30. The van der Waals surface area contributed by atoms with Crippen LogP contribution in [0, 0.1) is 5.92 Å². The lowest BCUT2D eigenvalue weighted by molar-refractivity contribution is 0.170. The highest BCUT2D eigenvalue weighted by atomic mass is 16.3. The van der Waals surface area contributed by atoms with Crippen molar-refractivity contribution in [2.75, 3.05) is 19.6 Å². The van der Waals surface area contributed by atoms with Gasteiger partial charge in [0, 0.05) is 12.1 Å². The number of hydrogen-bond acceptors (Lipinski definition) is 3. The molecule has 0 aromatic heterocycles. The minimum atomic E-state index is 0.225. The van der Waals surface area contributed by atoms with E-state index in [2.05, 4.69) is 31.0 Å². The molecule has 0 saturated carbocycles. The quantitative estimate of drug-likeness (QED) is 0.887. The van der Waals surface area contributed by atoms with Gasteiger partial charge in [0.1, 0.15) is 5.75 Å². The molecule has 0 spiro atoms. The highest BCUT2D eigenvalue weighted by Crippen LogP contribution is 2.20. The molecule has 0 bridgehead atoms. The summed E-state index contributed by atoms with van der Waals surface area (Å²) < 4.78 is 0. The maximum absolute atomic E-state index is 9.30. The normalized spacial score (nSPS) is 18.4. The molecule has 3 heteroatoms. The number of aromatic hydroxyl groups is 1. The molecule has 1 saturated heterocycles. The summed E-state index contributed by atoms with van der Waals surface area (Å²) >= 11 is 0. The van der Waals surface area contributed by atoms with Crippen LogP contribution in [0.3, 0.4) is 0 Å². The van der Waals surface area contributed by atoms with E-state index in [1.165, 1.54) is 31.5 Å². The number of hydrogen-bond donors (Lipinski definition) is 2. The number of rotatable bonds is 4. The van der Waals surface area contributed by atoms with Gasteiger partial charge in [-0.05, 0) is 76.9 Å². The van der Waals surface area contributed by atoms with Gasteiger partial charge in [-0.25, -0.2) is 0 Å². The number of phenolic OH excluding ortho intramolecular Hbond substituents is 1. The molecule has 0 aliphatic carbocycles. The molecule has 1 aromatic carbocycles. The number of benzene rings is 1. The van der Waals surface area contributed by atoms with Gasteiger partial charge in [-0.3, -0.25) is 4.90 Å². The third-order valence-corrected chi connectivity index (χ3v) is 3.97. The van der Waals surface area contributed by atoms with Crippen molar-refractivity contribution in [1.82, 2.24) is 10.2 Å². The Hall–Kier alpha value is -1.06. The molecule has 20 heavy (non-hydrogen) atoms. The van der Waals surface area contributed by atoms with E-state index in [9.17, 15) is 5.11 Å². The van der Waals surface area contributed by atoms with E-state index in [-0.39, 0.29) is 5.54 Å². The van der Waals surface area contributed by atoms with Gasteiger partial charge in [-0.1, -0.05) is 12.1 Å². The molecule has 1 fully saturated rings. The summed E-state index contributed by atoms with van der Waals surface area (Å²) in [6, 6.07) is 7.58. The van der Waals surface area contributed by atoms with Crippen LogP contribution in [-0.4, -0.2) is 35.2 Å². The summed E-state index contributed by atoms with van der Waals surface area (Å²) in [5.74, 6) is 1.16. The molecule has 1 aliphatic rings. The fourth-order valence-corrected chi connectivity index (χ4v) is 2.66. The van der Waals surface area contributed by atoms with E-state index in [0.29, 0.717) is 5.75 Å². The van der Waals surface area contributed by atoms with Crippen molar-refractivity contribution in [1.29, 1.82) is 0 Å². The van der Waals surface area contributed by atoms with Crippen LogP contribution in [0.25, 0.3) is 0 Å². The molecule has 1 heterocycles. The third kappa shape index (κ3) is 5.14. The smallest absolute Gasteiger partial charge is 0.115 e. The van der Waals surface area contributed by atoms with Crippen LogP contribution in [0.15, 0.2) is 24.3 Å². The first kappa shape index (κ1) is 15.3. The van der Waals surface area contributed by atoms with E-state index in [0.717, 1.165) is 19.0 Å². The Bertz CT molecular complexity index is 400. The van der Waals surface area contributed by atoms with Crippen LogP contribution in [0.2, 0.25) is 0 Å². The lowest BCUT2D eigenvalue weighted by atomic mass is 9.95. The maximum Gasteiger partial charge on any atom is 0.115 e. The number of nitrogens with one attached hydrogen (secondary N) is 1. The molecular weight excluding hydrogens is 248 g/mol. The van der Waals surface area contributed by atoms with Gasteiger partial charge in [-0.15, -0.1) is 0 Å². The van der Waals surface area contributed by atoms with Crippen LogP contribution in [0.4, 0.5) is 0 Å². The lowest BCUT2D eigenvalue weighted by Gasteiger charge is -2.33. The van der Waals surface area contributed by atoms with Crippen molar-refractivity contribution in [3.05, 3.63) is 29.8 Å². The first-order valence-electron chi connectivity index (χ1n) is 7.68. The standard InChI is InChI=1S/C17H28N2O/c1-17(2,3)18-12-14-8-10-19(11-9-14)13-15-4-6-16(20)7-5-15/h4-7,14,18,20H,8-13H2,1-3H3. The average molecular weight is 276 g/mol. The lowest BCUT2D eigenvalue weighted by Crippen LogP contribution is -2.42. The Morgan fingerprint density at radius 1 is 1.15 bits per heavy atom. The van der Waals surface area contributed by atoms with E-state index in [1.54, 1.807) is 12.1 Å². The second kappa shape index (κ2) is 6.59. The second-order valence-corrected chi connectivity index (χ2v) is 7.02. The predicted octanol–water partition coefficient (Wildman–Crippen LogP) is 2.99. The summed E-state index contributed by atoms with van der Waals surface area (Å²) in [5, 5.41) is 12.9. The molecule has 0 unspecified atom stereocenters. The van der Waals surface area contributed by atoms with Gasteiger partial charge in [0.25, 0.3) is 0 Å². The molecule has 2 N–H and O–H groups in total. The fraction of sp³-hybridized carbons (Fsp3) is 0.647. The number of nitrogens with zero attached hydrogens (tertiary/aromatic N) is 1. The van der Waals surface area contributed by atoms with Crippen molar-refractivity contribution in [2.24, 2.45) is 5.92 Å². The topological polar surface area (TPSA) is 35.5 Å². The van der Waals surface area contributed by atoms with E-state index in [4.69, 9.17) is 0 Å². The van der Waals surface area contributed by atoms with Crippen LogP contribution in [0.1, 0.15) is 39.2 Å². The Morgan fingerprint density at radius 3 is 2.30 bits per heavy atom. The first-order chi connectivity index (χ1) is 9.42. The van der Waals surface area contributed by atoms with Gasteiger partial charge < -0.3 is 10.4 Å². The zero-order valence-electron chi connectivity index (χ0n) is 13.0. The molecule has 1 aromatic rings. The number of likely N-dealkylation sites (tertiary alicyclic amines) is 1.